The summed E-state index contributed by atoms with van der Waals surface area (Å²) in [5.41, 5.74) is 5.31. The van der Waals surface area contributed by atoms with Crippen molar-refractivity contribution in [2.75, 3.05) is 6.54 Å². The number of imidazole rings is 1. The molecule has 6 nitrogen and oxygen atoms in total. The van der Waals surface area contributed by atoms with Crippen LogP contribution in [0.5, 0.6) is 0 Å². The van der Waals surface area contributed by atoms with E-state index >= 15 is 0 Å². The number of H-pyrrole nitrogens is 1. The molecule has 14 heavy (non-hydrogen) atoms. The first-order valence-electron chi connectivity index (χ1n) is 4.19. The summed E-state index contributed by atoms with van der Waals surface area (Å²) in [5.74, 6) is 0.561. The molecule has 0 aliphatic carbocycles. The summed E-state index contributed by atoms with van der Waals surface area (Å²) in [7, 11) is -3.50. The van der Waals surface area contributed by atoms with E-state index in [1.54, 1.807) is 13.8 Å². The van der Waals surface area contributed by atoms with Crippen molar-refractivity contribution in [2.24, 2.45) is 5.73 Å². The molecule has 0 saturated heterocycles. The van der Waals surface area contributed by atoms with Gasteiger partial charge in [-0.2, -0.15) is 0 Å². The second-order valence-electron chi connectivity index (χ2n) is 3.09. The van der Waals surface area contributed by atoms with Crippen molar-refractivity contribution in [2.45, 2.75) is 24.9 Å². The predicted molar refractivity (Wildman–Crippen MR) is 52.2 cm³/mol. The molecule has 1 rings (SSSR count). The first kappa shape index (κ1) is 11.2. The number of sulfonamides is 1. The third-order valence-electron chi connectivity index (χ3n) is 1.68. The van der Waals surface area contributed by atoms with E-state index in [1.165, 1.54) is 6.20 Å². The Morgan fingerprint density at radius 2 is 2.36 bits per heavy atom. The lowest BCUT2D eigenvalue weighted by Crippen LogP contribution is -2.37. The highest BCUT2D eigenvalue weighted by atomic mass is 32.2. The number of hydrogen-bond donors (Lipinski definition) is 3. The van der Waals surface area contributed by atoms with Gasteiger partial charge in [0, 0.05) is 12.6 Å². The average molecular weight is 218 g/mol. The van der Waals surface area contributed by atoms with E-state index in [9.17, 15) is 8.42 Å². The van der Waals surface area contributed by atoms with Gasteiger partial charge in [0.05, 0.1) is 6.20 Å². The molecular weight excluding hydrogens is 204 g/mol. The van der Waals surface area contributed by atoms with E-state index < -0.39 is 10.0 Å². The summed E-state index contributed by atoms with van der Waals surface area (Å²) in [4.78, 5) is 6.45. The van der Waals surface area contributed by atoms with Crippen LogP contribution in [0.15, 0.2) is 11.2 Å². The lowest BCUT2D eigenvalue weighted by molar-refractivity contribution is 0.559. The van der Waals surface area contributed by atoms with Gasteiger partial charge in [0.2, 0.25) is 0 Å². The number of aromatic nitrogens is 2. The van der Waals surface area contributed by atoms with Crippen LogP contribution >= 0.6 is 0 Å². The fraction of sp³-hybridized carbons (Fsp3) is 0.571. The third-order valence-corrected chi connectivity index (χ3v) is 3.18. The SMILES string of the molecule is Cc1ncc(S(=O)(=O)N[C@H](C)CN)[nH]1. The van der Waals surface area contributed by atoms with E-state index in [-0.39, 0.29) is 17.6 Å². The predicted octanol–water partition coefficient (Wildman–Crippen LogP) is -0.656. The molecule has 7 heteroatoms. The van der Waals surface area contributed by atoms with Crippen LogP contribution in [0.4, 0.5) is 0 Å². The van der Waals surface area contributed by atoms with Crippen LogP contribution in [-0.4, -0.2) is 31.0 Å². The number of nitrogens with one attached hydrogen (secondary N) is 2. The van der Waals surface area contributed by atoms with Crippen molar-refractivity contribution in [1.29, 1.82) is 0 Å². The molecule has 1 aromatic heterocycles. The Hall–Kier alpha value is -0.920. The van der Waals surface area contributed by atoms with E-state index in [4.69, 9.17) is 5.73 Å². The number of aromatic amines is 1. The summed E-state index contributed by atoms with van der Waals surface area (Å²) in [6.45, 7) is 3.64. The lowest BCUT2D eigenvalue weighted by Gasteiger charge is -2.09. The summed E-state index contributed by atoms with van der Waals surface area (Å²) in [6, 6.07) is -0.288. The smallest absolute Gasteiger partial charge is 0.257 e. The maximum atomic E-state index is 11.6. The minimum atomic E-state index is -3.50. The molecule has 1 atom stereocenters. The first-order chi connectivity index (χ1) is 6.45. The third kappa shape index (κ3) is 2.53. The van der Waals surface area contributed by atoms with Crippen LogP contribution in [0.2, 0.25) is 0 Å². The zero-order chi connectivity index (χ0) is 10.8. The van der Waals surface area contributed by atoms with E-state index in [0.717, 1.165) is 0 Å². The van der Waals surface area contributed by atoms with Crippen molar-refractivity contribution in [1.82, 2.24) is 14.7 Å². The van der Waals surface area contributed by atoms with Crippen molar-refractivity contribution in [3.05, 3.63) is 12.0 Å². The van der Waals surface area contributed by atoms with E-state index in [1.807, 2.05) is 0 Å². The number of nitrogens with two attached hydrogens (primary N) is 1. The molecular formula is C7H14N4O2S. The lowest BCUT2D eigenvalue weighted by atomic mass is 10.4. The van der Waals surface area contributed by atoms with Gasteiger partial charge in [0.15, 0.2) is 5.03 Å². The Kier molecular flexibility index (Phi) is 3.25. The van der Waals surface area contributed by atoms with Gasteiger partial charge in [-0.3, -0.25) is 0 Å². The monoisotopic (exact) mass is 218 g/mol. The molecule has 0 aliphatic rings. The van der Waals surface area contributed by atoms with Crippen LogP contribution in [0.3, 0.4) is 0 Å². The van der Waals surface area contributed by atoms with Gasteiger partial charge >= 0.3 is 0 Å². The van der Waals surface area contributed by atoms with Gasteiger partial charge in [-0.05, 0) is 13.8 Å². The normalized spacial score (nSPS) is 14.2. The van der Waals surface area contributed by atoms with Crippen molar-refractivity contribution in [3.8, 4) is 0 Å². The molecule has 1 heterocycles. The first-order valence-corrected chi connectivity index (χ1v) is 5.68. The topological polar surface area (TPSA) is 101 Å². The number of nitrogens with zero attached hydrogens (tertiary/aromatic N) is 1. The molecule has 0 bridgehead atoms. The Morgan fingerprint density at radius 3 is 2.79 bits per heavy atom. The van der Waals surface area contributed by atoms with Gasteiger partial charge < -0.3 is 10.7 Å². The van der Waals surface area contributed by atoms with Crippen molar-refractivity contribution >= 4 is 10.0 Å². The van der Waals surface area contributed by atoms with Crippen LogP contribution in [0.1, 0.15) is 12.7 Å². The molecule has 0 amide bonds. The highest BCUT2D eigenvalue weighted by Crippen LogP contribution is 2.04. The molecule has 1 aromatic rings. The maximum Gasteiger partial charge on any atom is 0.257 e. The fourth-order valence-corrected chi connectivity index (χ4v) is 2.14. The van der Waals surface area contributed by atoms with Crippen LogP contribution < -0.4 is 10.5 Å². The zero-order valence-electron chi connectivity index (χ0n) is 8.11. The fourth-order valence-electron chi connectivity index (χ4n) is 0.911. The molecule has 0 aliphatic heterocycles. The number of hydrogen-bond acceptors (Lipinski definition) is 4. The summed E-state index contributed by atoms with van der Waals surface area (Å²) >= 11 is 0. The molecule has 4 N–H and O–H groups in total. The van der Waals surface area contributed by atoms with Crippen molar-refractivity contribution in [3.63, 3.8) is 0 Å². The Bertz CT molecular complexity index is 398. The minimum absolute atomic E-state index is 0.0651. The van der Waals surface area contributed by atoms with E-state index in [2.05, 4.69) is 14.7 Å². The van der Waals surface area contributed by atoms with Gasteiger partial charge in [-0.1, -0.05) is 0 Å². The van der Waals surface area contributed by atoms with Crippen LogP contribution in [0, 0.1) is 6.92 Å². The molecule has 0 aromatic carbocycles. The van der Waals surface area contributed by atoms with Gasteiger partial charge in [-0.15, -0.1) is 0 Å². The second kappa shape index (κ2) is 4.07. The highest BCUT2D eigenvalue weighted by molar-refractivity contribution is 7.89. The Balaban J connectivity index is 2.86. The maximum absolute atomic E-state index is 11.6. The van der Waals surface area contributed by atoms with Crippen molar-refractivity contribution < 1.29 is 8.42 Å². The molecule has 0 saturated carbocycles. The quantitative estimate of drug-likeness (QED) is 0.624. The van der Waals surface area contributed by atoms with E-state index in [0.29, 0.717) is 5.82 Å². The standard InChI is InChI=1S/C7H14N4O2S/c1-5(3-8)11-14(12,13)7-4-9-6(2)10-7/h4-5,11H,3,8H2,1-2H3,(H,9,10)/t5-/m1/s1. The van der Waals surface area contributed by atoms with Crippen LogP contribution in [-0.2, 0) is 10.0 Å². The molecule has 0 fully saturated rings. The van der Waals surface area contributed by atoms with Crippen LogP contribution in [0.25, 0.3) is 0 Å². The molecule has 0 unspecified atom stereocenters. The van der Waals surface area contributed by atoms with Gasteiger partial charge in [-0.25, -0.2) is 18.1 Å². The zero-order valence-corrected chi connectivity index (χ0v) is 8.93. The largest absolute Gasteiger partial charge is 0.332 e. The van der Waals surface area contributed by atoms with Gasteiger partial charge in [0.25, 0.3) is 10.0 Å². The Morgan fingerprint density at radius 1 is 1.71 bits per heavy atom. The van der Waals surface area contributed by atoms with Gasteiger partial charge in [0.1, 0.15) is 5.82 Å². The summed E-state index contributed by atoms with van der Waals surface area (Å²) in [6.07, 6.45) is 1.28. The Labute approximate surface area is 83.0 Å². The average Bonchev–Trinajstić information content (AvgIpc) is 2.51. The number of aryl methyl sites for hydroxylation is 1. The molecule has 80 valence electrons. The molecule has 0 radical (unpaired) electrons. The summed E-state index contributed by atoms with van der Waals surface area (Å²) in [5, 5.41) is 0.0651. The number of rotatable bonds is 4. The summed E-state index contributed by atoms with van der Waals surface area (Å²) < 4.78 is 25.6. The highest BCUT2D eigenvalue weighted by Gasteiger charge is 2.18. The minimum Gasteiger partial charge on any atom is -0.332 e. The molecule has 0 spiro atoms. The second-order valence-corrected chi connectivity index (χ2v) is 4.77.